The fraction of sp³-hybridized carbons (Fsp3) is 0. The highest BCUT2D eigenvalue weighted by Crippen LogP contribution is 2.26. The van der Waals surface area contributed by atoms with E-state index >= 15 is 0 Å². The van der Waals surface area contributed by atoms with Crippen LogP contribution in [0.2, 0.25) is 0 Å². The number of halogens is 3. The van der Waals surface area contributed by atoms with Crippen molar-refractivity contribution in [2.45, 2.75) is 0 Å². The lowest BCUT2D eigenvalue weighted by Gasteiger charge is -2.06. The molecule has 0 bridgehead atoms. The van der Waals surface area contributed by atoms with E-state index in [9.17, 15) is 13.2 Å². The van der Waals surface area contributed by atoms with Crippen LogP contribution in [0.15, 0.2) is 60.8 Å². The van der Waals surface area contributed by atoms with E-state index in [1.165, 1.54) is 48.7 Å². The minimum Gasteiger partial charge on any atom is -0.255 e. The first-order valence-corrected chi connectivity index (χ1v) is 6.31. The maximum Gasteiger partial charge on any atom is 0.134 e. The van der Waals surface area contributed by atoms with Gasteiger partial charge in [0.05, 0.1) is 5.69 Å². The summed E-state index contributed by atoms with van der Waals surface area (Å²) >= 11 is 0. The molecule has 0 spiro atoms. The monoisotopic (exact) mass is 285 g/mol. The Balaban J connectivity index is 2.04. The third-order valence-electron chi connectivity index (χ3n) is 3.11. The Morgan fingerprint density at radius 1 is 0.714 bits per heavy atom. The first kappa shape index (κ1) is 13.4. The highest BCUT2D eigenvalue weighted by molar-refractivity contribution is 5.67. The minimum absolute atomic E-state index is 0.203. The number of hydrogen-bond donors (Lipinski definition) is 0. The molecule has 2 aromatic carbocycles. The Morgan fingerprint density at radius 3 is 1.95 bits per heavy atom. The number of pyridine rings is 1. The zero-order valence-corrected chi connectivity index (χ0v) is 10.9. The van der Waals surface area contributed by atoms with Gasteiger partial charge in [0.2, 0.25) is 0 Å². The number of nitrogens with zero attached hydrogens (tertiary/aromatic N) is 1. The first-order valence-electron chi connectivity index (χ1n) is 6.31. The molecule has 0 aliphatic rings. The van der Waals surface area contributed by atoms with Crippen molar-refractivity contribution < 1.29 is 13.2 Å². The molecule has 0 amide bonds. The average molecular weight is 285 g/mol. The van der Waals surface area contributed by atoms with Gasteiger partial charge in [-0.1, -0.05) is 24.3 Å². The minimum atomic E-state index is -0.533. The Hall–Kier alpha value is -2.62. The highest BCUT2D eigenvalue weighted by atomic mass is 19.1. The summed E-state index contributed by atoms with van der Waals surface area (Å²) in [4.78, 5) is 4.13. The molecule has 0 aliphatic carbocycles. The number of aromatic nitrogens is 1. The molecule has 0 aliphatic heterocycles. The first-order chi connectivity index (χ1) is 10.1. The molecule has 0 saturated heterocycles. The van der Waals surface area contributed by atoms with Gasteiger partial charge in [-0.15, -0.1) is 0 Å². The molecule has 1 aromatic heterocycles. The number of rotatable bonds is 2. The SMILES string of the molecule is Fc1cccc(-c2cc(F)c(-c3cccc(F)c3)cn2)c1. The van der Waals surface area contributed by atoms with Crippen molar-refractivity contribution >= 4 is 0 Å². The van der Waals surface area contributed by atoms with Gasteiger partial charge < -0.3 is 0 Å². The van der Waals surface area contributed by atoms with E-state index in [0.29, 0.717) is 16.8 Å². The fourth-order valence-electron chi connectivity index (χ4n) is 2.10. The smallest absolute Gasteiger partial charge is 0.134 e. The molecule has 21 heavy (non-hydrogen) atoms. The summed E-state index contributed by atoms with van der Waals surface area (Å²) in [7, 11) is 0. The third-order valence-corrected chi connectivity index (χ3v) is 3.11. The second-order valence-corrected chi connectivity index (χ2v) is 4.57. The molecular weight excluding hydrogens is 275 g/mol. The van der Waals surface area contributed by atoms with Crippen LogP contribution in [0.3, 0.4) is 0 Å². The van der Waals surface area contributed by atoms with E-state index < -0.39 is 17.5 Å². The average Bonchev–Trinajstić information content (AvgIpc) is 2.47. The van der Waals surface area contributed by atoms with Gasteiger partial charge in [-0.3, -0.25) is 4.98 Å². The molecule has 0 unspecified atom stereocenters. The second kappa shape index (κ2) is 5.40. The lowest BCUT2D eigenvalue weighted by molar-refractivity contribution is 0.623. The molecule has 4 heteroatoms. The maximum absolute atomic E-state index is 14.2. The summed E-state index contributed by atoms with van der Waals surface area (Å²) in [5.74, 6) is -1.39. The van der Waals surface area contributed by atoms with Crippen molar-refractivity contribution in [1.29, 1.82) is 0 Å². The van der Waals surface area contributed by atoms with Crippen LogP contribution in [0.25, 0.3) is 22.4 Å². The van der Waals surface area contributed by atoms with E-state index in [4.69, 9.17) is 0 Å². The fourth-order valence-corrected chi connectivity index (χ4v) is 2.10. The van der Waals surface area contributed by atoms with Crippen LogP contribution < -0.4 is 0 Å². The van der Waals surface area contributed by atoms with Crippen LogP contribution in [-0.2, 0) is 0 Å². The van der Waals surface area contributed by atoms with Crippen LogP contribution in [-0.4, -0.2) is 4.98 Å². The molecule has 104 valence electrons. The summed E-state index contributed by atoms with van der Waals surface area (Å²) in [6.07, 6.45) is 1.32. The Bertz CT molecular complexity index is 800. The van der Waals surface area contributed by atoms with Crippen molar-refractivity contribution in [1.82, 2.24) is 4.98 Å². The van der Waals surface area contributed by atoms with Gasteiger partial charge in [0, 0.05) is 23.4 Å². The van der Waals surface area contributed by atoms with Crippen LogP contribution in [0.4, 0.5) is 13.2 Å². The Kier molecular flexibility index (Phi) is 3.44. The molecule has 3 aromatic rings. The zero-order valence-electron chi connectivity index (χ0n) is 10.9. The molecule has 0 radical (unpaired) electrons. The van der Waals surface area contributed by atoms with Gasteiger partial charge in [-0.25, -0.2) is 13.2 Å². The second-order valence-electron chi connectivity index (χ2n) is 4.57. The van der Waals surface area contributed by atoms with Gasteiger partial charge in [0.25, 0.3) is 0 Å². The number of benzene rings is 2. The van der Waals surface area contributed by atoms with Crippen LogP contribution in [0.5, 0.6) is 0 Å². The Labute approximate surface area is 119 Å². The van der Waals surface area contributed by atoms with E-state index in [1.807, 2.05) is 0 Å². The quantitative estimate of drug-likeness (QED) is 0.657. The molecule has 1 nitrogen and oxygen atoms in total. The summed E-state index contributed by atoms with van der Waals surface area (Å²) in [6.45, 7) is 0. The van der Waals surface area contributed by atoms with Gasteiger partial charge >= 0.3 is 0 Å². The van der Waals surface area contributed by atoms with Gasteiger partial charge in [0.1, 0.15) is 17.5 Å². The zero-order chi connectivity index (χ0) is 14.8. The predicted molar refractivity (Wildman–Crippen MR) is 75.0 cm³/mol. The van der Waals surface area contributed by atoms with Crippen molar-refractivity contribution in [3.63, 3.8) is 0 Å². The van der Waals surface area contributed by atoms with E-state index in [2.05, 4.69) is 4.98 Å². The van der Waals surface area contributed by atoms with E-state index in [0.717, 1.165) is 0 Å². The maximum atomic E-state index is 14.2. The molecule has 0 N–H and O–H groups in total. The van der Waals surface area contributed by atoms with E-state index in [1.54, 1.807) is 12.1 Å². The normalized spacial score (nSPS) is 10.6. The van der Waals surface area contributed by atoms with E-state index in [-0.39, 0.29) is 5.56 Å². The van der Waals surface area contributed by atoms with Crippen LogP contribution in [0.1, 0.15) is 0 Å². The highest BCUT2D eigenvalue weighted by Gasteiger charge is 2.09. The third kappa shape index (κ3) is 2.79. The van der Waals surface area contributed by atoms with Crippen molar-refractivity contribution in [3.05, 3.63) is 78.2 Å². The summed E-state index contributed by atoms with van der Waals surface area (Å²) < 4.78 is 40.6. The van der Waals surface area contributed by atoms with Crippen LogP contribution in [0, 0.1) is 17.5 Å². The van der Waals surface area contributed by atoms with Crippen molar-refractivity contribution in [2.75, 3.05) is 0 Å². The summed E-state index contributed by atoms with van der Waals surface area (Å²) in [5.41, 5.74) is 1.42. The molecule has 1 heterocycles. The van der Waals surface area contributed by atoms with Crippen molar-refractivity contribution in [2.24, 2.45) is 0 Å². The lowest BCUT2D eigenvalue weighted by Crippen LogP contribution is -1.91. The van der Waals surface area contributed by atoms with Gasteiger partial charge in [-0.05, 0) is 29.8 Å². The summed E-state index contributed by atoms with van der Waals surface area (Å²) in [5, 5.41) is 0. The van der Waals surface area contributed by atoms with Gasteiger partial charge in [-0.2, -0.15) is 0 Å². The molecule has 0 fully saturated rings. The Morgan fingerprint density at radius 2 is 1.33 bits per heavy atom. The molecular formula is C17H10F3N. The topological polar surface area (TPSA) is 12.9 Å². The molecule has 0 atom stereocenters. The predicted octanol–water partition coefficient (Wildman–Crippen LogP) is 4.83. The van der Waals surface area contributed by atoms with Crippen molar-refractivity contribution in [3.8, 4) is 22.4 Å². The molecule has 3 rings (SSSR count). The van der Waals surface area contributed by atoms with Gasteiger partial charge in [0.15, 0.2) is 0 Å². The standard InChI is InChI=1S/C17H10F3N/c18-13-5-1-3-11(7-13)15-10-21-17(9-16(15)20)12-4-2-6-14(19)8-12/h1-10H. The summed E-state index contributed by atoms with van der Waals surface area (Å²) in [6, 6.07) is 12.6. The lowest BCUT2D eigenvalue weighted by atomic mass is 10.0. The largest absolute Gasteiger partial charge is 0.255 e. The van der Waals surface area contributed by atoms with Crippen LogP contribution >= 0.6 is 0 Å². The number of hydrogen-bond acceptors (Lipinski definition) is 1. The molecule has 0 saturated carbocycles.